The van der Waals surface area contributed by atoms with Crippen LogP contribution in [-0.4, -0.2) is 46.0 Å². The monoisotopic (exact) mass is 321 g/mol. The molecule has 1 fully saturated rings. The Hall–Kier alpha value is -1.80. The number of piperidine rings is 1. The molecule has 0 aliphatic carbocycles. The quantitative estimate of drug-likeness (QED) is 0.853. The van der Waals surface area contributed by atoms with Crippen molar-refractivity contribution in [3.05, 3.63) is 30.1 Å². The topological polar surface area (TPSA) is 81.0 Å². The molecule has 0 spiro atoms. The largest absolute Gasteiger partial charge is 0.243 e. The molecular weight excluding hydrogens is 302 g/mol. The van der Waals surface area contributed by atoms with Gasteiger partial charge in [0.2, 0.25) is 10.0 Å². The summed E-state index contributed by atoms with van der Waals surface area (Å²) >= 11 is 0. The molecule has 0 amide bonds. The molecule has 0 saturated carbocycles. The fourth-order valence-corrected chi connectivity index (χ4v) is 4.25. The van der Waals surface area contributed by atoms with Gasteiger partial charge < -0.3 is 0 Å². The van der Waals surface area contributed by atoms with E-state index in [1.54, 1.807) is 22.5 Å². The summed E-state index contributed by atoms with van der Waals surface area (Å²) < 4.78 is 28.5. The van der Waals surface area contributed by atoms with Crippen molar-refractivity contribution in [2.75, 3.05) is 13.1 Å². The highest BCUT2D eigenvalue weighted by Crippen LogP contribution is 2.25. The number of benzene rings is 1. The van der Waals surface area contributed by atoms with Crippen LogP contribution in [0.1, 0.15) is 25.3 Å². The van der Waals surface area contributed by atoms with Crippen LogP contribution in [0.3, 0.4) is 0 Å². The first-order valence-corrected chi connectivity index (χ1v) is 8.76. The third-order valence-electron chi connectivity index (χ3n) is 4.14. The van der Waals surface area contributed by atoms with Crippen LogP contribution in [0.5, 0.6) is 0 Å². The summed E-state index contributed by atoms with van der Waals surface area (Å²) in [5.41, 5.74) is 1.59. The Bertz CT molecular complexity index is 750. The summed E-state index contributed by atoms with van der Waals surface area (Å²) in [6, 6.07) is 5.05. The summed E-state index contributed by atoms with van der Waals surface area (Å²) in [7, 11) is -3.42. The maximum Gasteiger partial charge on any atom is 0.243 e. The Kier molecular flexibility index (Phi) is 3.96. The number of hydrogen-bond acceptors (Lipinski definition) is 5. The molecule has 118 valence electrons. The van der Waals surface area contributed by atoms with Crippen LogP contribution in [-0.2, 0) is 10.0 Å². The second-order valence-corrected chi connectivity index (χ2v) is 7.73. The van der Waals surface area contributed by atoms with Gasteiger partial charge in [0.05, 0.1) is 10.6 Å². The lowest BCUT2D eigenvalue weighted by atomic mass is 10.0. The van der Waals surface area contributed by atoms with Gasteiger partial charge in [0.25, 0.3) is 0 Å². The molecule has 22 heavy (non-hydrogen) atoms. The van der Waals surface area contributed by atoms with Crippen molar-refractivity contribution in [3.8, 4) is 5.69 Å². The number of hydrogen-bond donors (Lipinski definition) is 0. The van der Waals surface area contributed by atoms with E-state index in [0.717, 1.165) is 24.1 Å². The fraction of sp³-hybridized carbons (Fsp3) is 0.500. The van der Waals surface area contributed by atoms with Crippen LogP contribution in [0.4, 0.5) is 0 Å². The van der Waals surface area contributed by atoms with Crippen LogP contribution >= 0.6 is 0 Å². The molecule has 2 heterocycles. The van der Waals surface area contributed by atoms with Crippen LogP contribution < -0.4 is 0 Å². The van der Waals surface area contributed by atoms with E-state index >= 15 is 0 Å². The smallest absolute Gasteiger partial charge is 0.207 e. The van der Waals surface area contributed by atoms with Crippen LogP contribution in [0.2, 0.25) is 0 Å². The Balaban J connectivity index is 1.90. The minimum atomic E-state index is -3.42. The van der Waals surface area contributed by atoms with E-state index in [9.17, 15) is 8.42 Å². The predicted octanol–water partition coefficient (Wildman–Crippen LogP) is 1.39. The minimum absolute atomic E-state index is 0.330. The Morgan fingerprint density at radius 2 is 1.95 bits per heavy atom. The molecule has 2 aromatic rings. The average molecular weight is 321 g/mol. The van der Waals surface area contributed by atoms with Crippen molar-refractivity contribution in [1.29, 1.82) is 0 Å². The van der Waals surface area contributed by atoms with Gasteiger partial charge in [-0.05, 0) is 59.9 Å². The third-order valence-corrected chi connectivity index (χ3v) is 6.04. The number of rotatable bonds is 3. The van der Waals surface area contributed by atoms with Gasteiger partial charge in [-0.3, -0.25) is 0 Å². The molecule has 0 N–H and O–H groups in total. The van der Waals surface area contributed by atoms with Gasteiger partial charge in [0.15, 0.2) is 0 Å². The highest BCUT2D eigenvalue weighted by molar-refractivity contribution is 7.89. The SMILES string of the molecule is Cc1cc(S(=O)(=O)N2CCC(C)CC2)ccc1-n1cnnn1. The fourth-order valence-electron chi connectivity index (χ4n) is 2.69. The number of nitrogens with zero attached hydrogens (tertiary/aromatic N) is 5. The molecule has 8 heteroatoms. The molecular formula is C14H19N5O2S. The van der Waals surface area contributed by atoms with E-state index in [-0.39, 0.29) is 0 Å². The molecule has 1 aromatic heterocycles. The summed E-state index contributed by atoms with van der Waals surface area (Å²) in [6.45, 7) is 5.21. The first kappa shape index (κ1) is 15.1. The van der Waals surface area contributed by atoms with Crippen LogP contribution in [0, 0.1) is 12.8 Å². The molecule has 7 nitrogen and oxygen atoms in total. The lowest BCUT2D eigenvalue weighted by Crippen LogP contribution is -2.37. The van der Waals surface area contributed by atoms with Crippen molar-refractivity contribution in [2.24, 2.45) is 5.92 Å². The predicted molar refractivity (Wildman–Crippen MR) is 81.0 cm³/mol. The van der Waals surface area contributed by atoms with Crippen molar-refractivity contribution in [1.82, 2.24) is 24.5 Å². The van der Waals surface area contributed by atoms with Crippen molar-refractivity contribution < 1.29 is 8.42 Å². The zero-order valence-corrected chi connectivity index (χ0v) is 13.5. The third kappa shape index (κ3) is 2.76. The zero-order chi connectivity index (χ0) is 15.7. The van der Waals surface area contributed by atoms with Crippen LogP contribution in [0.25, 0.3) is 5.69 Å². The summed E-state index contributed by atoms with van der Waals surface area (Å²) in [4.78, 5) is 0.330. The summed E-state index contributed by atoms with van der Waals surface area (Å²) in [5.74, 6) is 0.593. The van der Waals surface area contributed by atoms with E-state index in [0.29, 0.717) is 23.9 Å². The van der Waals surface area contributed by atoms with Gasteiger partial charge in [0, 0.05) is 13.1 Å². The maximum absolute atomic E-state index is 12.7. The molecule has 0 unspecified atom stereocenters. The second kappa shape index (κ2) is 5.77. The van der Waals surface area contributed by atoms with Crippen molar-refractivity contribution in [2.45, 2.75) is 31.6 Å². The molecule has 1 aromatic carbocycles. The van der Waals surface area contributed by atoms with Gasteiger partial charge >= 0.3 is 0 Å². The molecule has 0 radical (unpaired) electrons. The standard InChI is InChI=1S/C14H19N5O2S/c1-11-5-7-18(8-6-11)22(20,21)13-3-4-14(12(2)9-13)19-10-15-16-17-19/h3-4,9-11H,5-8H2,1-2H3. The Labute approximate surface area is 130 Å². The summed E-state index contributed by atoms with van der Waals surface area (Å²) in [5, 5.41) is 11.0. The average Bonchev–Trinajstić information content (AvgIpc) is 3.01. The minimum Gasteiger partial charge on any atom is -0.207 e. The molecule has 3 rings (SSSR count). The van der Waals surface area contributed by atoms with Crippen molar-refractivity contribution in [3.63, 3.8) is 0 Å². The number of sulfonamides is 1. The molecule has 1 saturated heterocycles. The first-order chi connectivity index (χ1) is 10.5. The second-order valence-electron chi connectivity index (χ2n) is 5.79. The van der Waals surface area contributed by atoms with E-state index in [4.69, 9.17) is 0 Å². The van der Waals surface area contributed by atoms with E-state index in [1.807, 2.05) is 6.92 Å². The first-order valence-electron chi connectivity index (χ1n) is 7.32. The van der Waals surface area contributed by atoms with Gasteiger partial charge in [-0.25, -0.2) is 13.1 Å². The zero-order valence-electron chi connectivity index (χ0n) is 12.7. The van der Waals surface area contributed by atoms with Gasteiger partial charge in [-0.2, -0.15) is 4.31 Å². The normalized spacial score (nSPS) is 17.7. The Morgan fingerprint density at radius 1 is 1.23 bits per heavy atom. The Morgan fingerprint density at radius 3 is 2.55 bits per heavy atom. The van der Waals surface area contributed by atoms with E-state index in [1.165, 1.54) is 11.0 Å². The lowest BCUT2D eigenvalue weighted by Gasteiger charge is -2.29. The van der Waals surface area contributed by atoms with Crippen LogP contribution in [0.15, 0.2) is 29.4 Å². The molecule has 0 atom stereocenters. The number of aryl methyl sites for hydroxylation is 1. The lowest BCUT2D eigenvalue weighted by molar-refractivity contribution is 0.288. The highest BCUT2D eigenvalue weighted by Gasteiger charge is 2.28. The van der Waals surface area contributed by atoms with Gasteiger partial charge in [-0.1, -0.05) is 6.92 Å². The van der Waals surface area contributed by atoms with Gasteiger partial charge in [-0.15, -0.1) is 5.10 Å². The highest BCUT2D eigenvalue weighted by atomic mass is 32.2. The number of tetrazole rings is 1. The summed E-state index contributed by atoms with van der Waals surface area (Å²) in [6.07, 6.45) is 3.32. The maximum atomic E-state index is 12.7. The molecule has 1 aliphatic rings. The van der Waals surface area contributed by atoms with Gasteiger partial charge in [0.1, 0.15) is 6.33 Å². The van der Waals surface area contributed by atoms with E-state index in [2.05, 4.69) is 22.4 Å². The number of aromatic nitrogens is 4. The molecule has 0 bridgehead atoms. The van der Waals surface area contributed by atoms with Crippen molar-refractivity contribution >= 4 is 10.0 Å². The van der Waals surface area contributed by atoms with E-state index < -0.39 is 10.0 Å². The molecule has 1 aliphatic heterocycles.